The molecule has 18 heavy (non-hydrogen) atoms. The molecule has 92 valence electrons. The van der Waals surface area contributed by atoms with Crippen LogP contribution in [-0.4, -0.2) is 10.9 Å². The summed E-state index contributed by atoms with van der Waals surface area (Å²) < 4.78 is 0. The topological polar surface area (TPSA) is 68.0 Å². The first-order valence-corrected chi connectivity index (χ1v) is 5.77. The van der Waals surface area contributed by atoms with Crippen LogP contribution < -0.4 is 11.1 Å². The summed E-state index contributed by atoms with van der Waals surface area (Å²) in [5.74, 6) is 0.198. The molecule has 0 spiro atoms. The van der Waals surface area contributed by atoms with Crippen molar-refractivity contribution in [3.8, 4) is 0 Å². The molecule has 0 saturated heterocycles. The Morgan fingerprint density at radius 3 is 2.83 bits per heavy atom. The van der Waals surface area contributed by atoms with E-state index in [-0.39, 0.29) is 5.91 Å². The van der Waals surface area contributed by atoms with E-state index in [0.717, 1.165) is 5.56 Å². The van der Waals surface area contributed by atoms with Crippen molar-refractivity contribution in [1.82, 2.24) is 10.3 Å². The van der Waals surface area contributed by atoms with Crippen LogP contribution in [0.15, 0.2) is 42.6 Å². The number of nitrogens with two attached hydrogens (primary N) is 1. The number of aromatic nitrogens is 1. The summed E-state index contributed by atoms with van der Waals surface area (Å²) in [6, 6.07) is 10.6. The van der Waals surface area contributed by atoms with Crippen LogP contribution >= 0.6 is 11.6 Å². The normalized spacial score (nSPS) is 10.1. The van der Waals surface area contributed by atoms with Gasteiger partial charge in [0.15, 0.2) is 0 Å². The minimum atomic E-state index is -0.192. The maximum Gasteiger partial charge on any atom is 0.253 e. The van der Waals surface area contributed by atoms with Crippen LogP contribution in [0.25, 0.3) is 0 Å². The number of hydrogen-bond acceptors (Lipinski definition) is 3. The van der Waals surface area contributed by atoms with Crippen molar-refractivity contribution in [2.75, 3.05) is 5.73 Å². The Balaban J connectivity index is 1.98. The van der Waals surface area contributed by atoms with E-state index in [0.29, 0.717) is 22.9 Å². The number of rotatable bonds is 3. The molecule has 0 saturated carbocycles. The molecule has 3 N–H and O–H groups in total. The van der Waals surface area contributed by atoms with Crippen LogP contribution in [0, 0.1) is 0 Å². The predicted molar refractivity (Wildman–Crippen MR) is 71.3 cm³/mol. The van der Waals surface area contributed by atoms with Crippen molar-refractivity contribution in [3.63, 3.8) is 0 Å². The second-order valence-electron chi connectivity index (χ2n) is 3.78. The monoisotopic (exact) mass is 261 g/mol. The first-order valence-electron chi connectivity index (χ1n) is 5.39. The van der Waals surface area contributed by atoms with E-state index in [9.17, 15) is 4.79 Å². The lowest BCUT2D eigenvalue weighted by Gasteiger charge is -2.05. The molecule has 1 heterocycles. The number of halogens is 1. The van der Waals surface area contributed by atoms with E-state index in [4.69, 9.17) is 17.3 Å². The molecule has 0 aliphatic heterocycles. The van der Waals surface area contributed by atoms with Crippen molar-refractivity contribution in [3.05, 3.63) is 58.7 Å². The number of hydrogen-bond donors (Lipinski definition) is 2. The average Bonchev–Trinajstić information content (AvgIpc) is 2.37. The molecule has 0 bridgehead atoms. The largest absolute Gasteiger partial charge is 0.384 e. The SMILES string of the molecule is Nc1ccc(C(=O)NCc2cccc(Cl)c2)cn1. The van der Waals surface area contributed by atoms with Gasteiger partial charge in [-0.3, -0.25) is 4.79 Å². The highest BCUT2D eigenvalue weighted by atomic mass is 35.5. The van der Waals surface area contributed by atoms with Gasteiger partial charge in [0.1, 0.15) is 5.82 Å². The molecular weight excluding hydrogens is 250 g/mol. The van der Waals surface area contributed by atoms with Crippen LogP contribution in [-0.2, 0) is 6.54 Å². The van der Waals surface area contributed by atoms with Gasteiger partial charge in [0.05, 0.1) is 5.56 Å². The average molecular weight is 262 g/mol. The van der Waals surface area contributed by atoms with Crippen LogP contribution in [0.5, 0.6) is 0 Å². The summed E-state index contributed by atoms with van der Waals surface area (Å²) >= 11 is 5.86. The highest BCUT2D eigenvalue weighted by Crippen LogP contribution is 2.10. The Morgan fingerprint density at radius 2 is 2.17 bits per heavy atom. The lowest BCUT2D eigenvalue weighted by Crippen LogP contribution is -2.22. The standard InChI is InChI=1S/C13H12ClN3O/c14-11-3-1-2-9(6-11)7-17-13(18)10-4-5-12(15)16-8-10/h1-6,8H,7H2,(H2,15,16)(H,17,18). The van der Waals surface area contributed by atoms with Crippen molar-refractivity contribution in [2.45, 2.75) is 6.54 Å². The number of benzene rings is 1. The van der Waals surface area contributed by atoms with E-state index in [1.54, 1.807) is 18.2 Å². The second kappa shape index (κ2) is 5.51. The number of carbonyl (C=O) groups excluding carboxylic acids is 1. The molecule has 5 heteroatoms. The number of nitrogen functional groups attached to an aromatic ring is 1. The van der Waals surface area contributed by atoms with E-state index in [1.807, 2.05) is 18.2 Å². The lowest BCUT2D eigenvalue weighted by atomic mass is 10.2. The number of amides is 1. The van der Waals surface area contributed by atoms with Gasteiger partial charge in [0, 0.05) is 17.8 Å². The Hall–Kier alpha value is -2.07. The molecule has 2 rings (SSSR count). The molecule has 0 unspecified atom stereocenters. The van der Waals surface area contributed by atoms with E-state index in [2.05, 4.69) is 10.3 Å². The molecule has 0 aliphatic carbocycles. The fourth-order valence-electron chi connectivity index (χ4n) is 1.47. The Kier molecular flexibility index (Phi) is 3.79. The fraction of sp³-hybridized carbons (Fsp3) is 0.0769. The van der Waals surface area contributed by atoms with Crippen LogP contribution in [0.4, 0.5) is 5.82 Å². The molecule has 1 aromatic heterocycles. The van der Waals surface area contributed by atoms with Crippen molar-refractivity contribution < 1.29 is 4.79 Å². The molecule has 0 radical (unpaired) electrons. The maximum atomic E-state index is 11.8. The first-order chi connectivity index (χ1) is 8.65. The number of anilines is 1. The Bertz CT molecular complexity index is 554. The second-order valence-corrected chi connectivity index (χ2v) is 4.22. The highest BCUT2D eigenvalue weighted by Gasteiger charge is 2.05. The van der Waals surface area contributed by atoms with Gasteiger partial charge in [-0.05, 0) is 29.8 Å². The quantitative estimate of drug-likeness (QED) is 0.890. The van der Waals surface area contributed by atoms with Crippen molar-refractivity contribution in [1.29, 1.82) is 0 Å². The molecule has 4 nitrogen and oxygen atoms in total. The number of nitrogens with zero attached hydrogens (tertiary/aromatic N) is 1. The van der Waals surface area contributed by atoms with Crippen LogP contribution in [0.2, 0.25) is 5.02 Å². The van der Waals surface area contributed by atoms with Gasteiger partial charge >= 0.3 is 0 Å². The van der Waals surface area contributed by atoms with Crippen molar-refractivity contribution >= 4 is 23.3 Å². The molecule has 0 aliphatic rings. The zero-order valence-corrected chi connectivity index (χ0v) is 10.3. The van der Waals surface area contributed by atoms with Gasteiger partial charge in [-0.2, -0.15) is 0 Å². The predicted octanol–water partition coefficient (Wildman–Crippen LogP) is 2.25. The van der Waals surface area contributed by atoms with Gasteiger partial charge < -0.3 is 11.1 Å². The maximum absolute atomic E-state index is 11.8. The van der Waals surface area contributed by atoms with E-state index in [1.165, 1.54) is 6.20 Å². The zero-order valence-electron chi connectivity index (χ0n) is 9.56. The summed E-state index contributed by atoms with van der Waals surface area (Å²) in [5, 5.41) is 3.43. The van der Waals surface area contributed by atoms with Crippen LogP contribution in [0.3, 0.4) is 0 Å². The summed E-state index contributed by atoms with van der Waals surface area (Å²) in [6.45, 7) is 0.420. The third-order valence-electron chi connectivity index (χ3n) is 2.39. The summed E-state index contributed by atoms with van der Waals surface area (Å²) in [5.41, 5.74) is 6.87. The van der Waals surface area contributed by atoms with Gasteiger partial charge in [0.2, 0.25) is 0 Å². The molecule has 1 amide bonds. The number of carbonyl (C=O) groups is 1. The van der Waals surface area contributed by atoms with Gasteiger partial charge in [-0.25, -0.2) is 4.98 Å². The lowest BCUT2D eigenvalue weighted by molar-refractivity contribution is 0.0950. The molecule has 1 aromatic carbocycles. The smallest absolute Gasteiger partial charge is 0.253 e. The Morgan fingerprint density at radius 1 is 1.33 bits per heavy atom. The molecule has 0 atom stereocenters. The van der Waals surface area contributed by atoms with E-state index >= 15 is 0 Å². The van der Waals surface area contributed by atoms with Gasteiger partial charge in [0.25, 0.3) is 5.91 Å². The number of nitrogens with one attached hydrogen (secondary N) is 1. The summed E-state index contributed by atoms with van der Waals surface area (Å²) in [7, 11) is 0. The molecule has 0 fully saturated rings. The zero-order chi connectivity index (χ0) is 13.0. The van der Waals surface area contributed by atoms with Crippen LogP contribution in [0.1, 0.15) is 15.9 Å². The molecule has 2 aromatic rings. The first kappa shape index (κ1) is 12.4. The number of pyridine rings is 1. The minimum Gasteiger partial charge on any atom is -0.384 e. The highest BCUT2D eigenvalue weighted by molar-refractivity contribution is 6.30. The third-order valence-corrected chi connectivity index (χ3v) is 2.63. The summed E-state index contributed by atoms with van der Waals surface area (Å²) in [6.07, 6.45) is 1.45. The molecular formula is C13H12ClN3O. The summed E-state index contributed by atoms with van der Waals surface area (Å²) in [4.78, 5) is 15.7. The van der Waals surface area contributed by atoms with Crippen molar-refractivity contribution in [2.24, 2.45) is 0 Å². The van der Waals surface area contributed by atoms with Gasteiger partial charge in [-0.1, -0.05) is 23.7 Å². The van der Waals surface area contributed by atoms with E-state index < -0.39 is 0 Å². The Labute approximate surface area is 110 Å². The third kappa shape index (κ3) is 3.21. The minimum absolute atomic E-state index is 0.192. The van der Waals surface area contributed by atoms with Gasteiger partial charge in [-0.15, -0.1) is 0 Å². The fourth-order valence-corrected chi connectivity index (χ4v) is 1.68.